The highest BCUT2D eigenvalue weighted by Crippen LogP contribution is 2.31. The summed E-state index contributed by atoms with van der Waals surface area (Å²) in [5, 5.41) is 9.64. The molecule has 0 atom stereocenters. The molecule has 0 radical (unpaired) electrons. The van der Waals surface area contributed by atoms with Gasteiger partial charge in [-0.05, 0) is 36.1 Å². The molecule has 0 aliphatic heterocycles. The largest absolute Gasteiger partial charge is 0.270 e. The summed E-state index contributed by atoms with van der Waals surface area (Å²) in [7, 11) is -3.17. The fraction of sp³-hybridized carbons (Fsp3) is 0.350. The van der Waals surface area contributed by atoms with E-state index >= 15 is 0 Å². The van der Waals surface area contributed by atoms with Gasteiger partial charge in [0.2, 0.25) is 10.0 Å². The molecule has 1 aromatic carbocycles. The Kier molecular flexibility index (Phi) is 7.05. The van der Waals surface area contributed by atoms with Crippen molar-refractivity contribution in [1.82, 2.24) is 24.5 Å². The first kappa shape index (κ1) is 21.5. The van der Waals surface area contributed by atoms with Gasteiger partial charge in [-0.2, -0.15) is 0 Å². The number of para-hydroxylation sites is 1. The molecular formula is C20H25N5O2S2. The lowest BCUT2D eigenvalue weighted by Crippen LogP contribution is -2.23. The molecule has 0 bridgehead atoms. The first-order valence-corrected chi connectivity index (χ1v) is 12.3. The molecule has 0 aliphatic rings. The molecule has 29 heavy (non-hydrogen) atoms. The number of pyridine rings is 1. The maximum atomic E-state index is 11.2. The Hall–Kier alpha value is -2.23. The number of hydrogen-bond donors (Lipinski definition) is 1. The summed E-state index contributed by atoms with van der Waals surface area (Å²) >= 11 is 1.56. The zero-order valence-electron chi connectivity index (χ0n) is 16.7. The maximum absolute atomic E-state index is 11.2. The van der Waals surface area contributed by atoms with E-state index in [0.717, 1.165) is 28.0 Å². The van der Waals surface area contributed by atoms with Crippen LogP contribution in [-0.4, -0.2) is 46.7 Å². The van der Waals surface area contributed by atoms with Gasteiger partial charge < -0.3 is 0 Å². The van der Waals surface area contributed by atoms with Crippen LogP contribution in [-0.2, 0) is 10.0 Å². The minimum Gasteiger partial charge on any atom is -0.270 e. The van der Waals surface area contributed by atoms with E-state index in [1.165, 1.54) is 11.8 Å². The van der Waals surface area contributed by atoms with E-state index in [1.807, 2.05) is 24.3 Å². The lowest BCUT2D eigenvalue weighted by atomic mass is 10.0. The number of rotatable bonds is 9. The fourth-order valence-corrected chi connectivity index (χ4v) is 4.33. The van der Waals surface area contributed by atoms with Gasteiger partial charge in [0.1, 0.15) is 0 Å². The second-order valence-electron chi connectivity index (χ2n) is 6.97. The van der Waals surface area contributed by atoms with Crippen LogP contribution < -0.4 is 4.72 Å². The normalized spacial score (nSPS) is 11.9. The standard InChI is InChI=1S/C20H25N5O2S2/c1-15(2)17-9-4-5-10-18(17)25-19(16-8-6-11-21-14-16)23-24-20(25)28-13-7-12-22-29(3,26)27/h4-6,8-11,14-15,22H,7,12-13H2,1-3H3. The Morgan fingerprint density at radius 3 is 2.62 bits per heavy atom. The van der Waals surface area contributed by atoms with Crippen LogP contribution in [0.3, 0.4) is 0 Å². The highest BCUT2D eigenvalue weighted by molar-refractivity contribution is 7.99. The molecule has 2 heterocycles. The van der Waals surface area contributed by atoms with Crippen molar-refractivity contribution in [3.05, 3.63) is 54.4 Å². The van der Waals surface area contributed by atoms with Gasteiger partial charge >= 0.3 is 0 Å². The van der Waals surface area contributed by atoms with Gasteiger partial charge in [-0.3, -0.25) is 9.55 Å². The summed E-state index contributed by atoms with van der Waals surface area (Å²) in [6.07, 6.45) is 5.37. The molecule has 0 fully saturated rings. The summed E-state index contributed by atoms with van der Waals surface area (Å²) in [5.41, 5.74) is 3.14. The van der Waals surface area contributed by atoms with Crippen molar-refractivity contribution in [3.8, 4) is 17.1 Å². The topological polar surface area (TPSA) is 89.8 Å². The summed E-state index contributed by atoms with van der Waals surface area (Å²) in [5.74, 6) is 1.80. The number of hydrogen-bond acceptors (Lipinski definition) is 6. The van der Waals surface area contributed by atoms with Gasteiger partial charge in [-0.25, -0.2) is 13.1 Å². The minimum absolute atomic E-state index is 0.340. The van der Waals surface area contributed by atoms with E-state index in [-0.39, 0.29) is 0 Å². The lowest BCUT2D eigenvalue weighted by molar-refractivity contribution is 0.587. The van der Waals surface area contributed by atoms with Crippen molar-refractivity contribution in [2.24, 2.45) is 0 Å². The molecule has 0 saturated carbocycles. The smallest absolute Gasteiger partial charge is 0.208 e. The van der Waals surface area contributed by atoms with Crippen LogP contribution in [0.1, 0.15) is 31.7 Å². The van der Waals surface area contributed by atoms with Crippen molar-refractivity contribution >= 4 is 21.8 Å². The third kappa shape index (κ3) is 5.65. The van der Waals surface area contributed by atoms with E-state index < -0.39 is 10.0 Å². The van der Waals surface area contributed by atoms with Crippen LogP contribution in [0.5, 0.6) is 0 Å². The van der Waals surface area contributed by atoms with Gasteiger partial charge in [0, 0.05) is 30.3 Å². The Morgan fingerprint density at radius 1 is 1.14 bits per heavy atom. The molecule has 9 heteroatoms. The van der Waals surface area contributed by atoms with E-state index in [2.05, 4.69) is 50.5 Å². The summed E-state index contributed by atoms with van der Waals surface area (Å²) in [6, 6.07) is 12.1. The van der Waals surface area contributed by atoms with E-state index in [4.69, 9.17) is 0 Å². The molecule has 3 rings (SSSR count). The van der Waals surface area contributed by atoms with Gasteiger partial charge in [-0.1, -0.05) is 43.8 Å². The molecule has 0 amide bonds. The molecule has 1 N–H and O–H groups in total. The van der Waals surface area contributed by atoms with Crippen LogP contribution in [0.15, 0.2) is 53.9 Å². The number of aromatic nitrogens is 4. The molecule has 2 aromatic heterocycles. The van der Waals surface area contributed by atoms with Crippen molar-refractivity contribution in [3.63, 3.8) is 0 Å². The highest BCUT2D eigenvalue weighted by Gasteiger charge is 2.19. The number of benzene rings is 1. The molecule has 0 unspecified atom stereocenters. The van der Waals surface area contributed by atoms with Gasteiger partial charge in [0.05, 0.1) is 11.9 Å². The monoisotopic (exact) mass is 431 g/mol. The van der Waals surface area contributed by atoms with Crippen LogP contribution in [0, 0.1) is 0 Å². The molecule has 0 spiro atoms. The van der Waals surface area contributed by atoms with E-state index in [9.17, 15) is 8.42 Å². The van der Waals surface area contributed by atoms with Gasteiger partial charge in [0.15, 0.2) is 11.0 Å². The zero-order chi connectivity index (χ0) is 20.9. The van der Waals surface area contributed by atoms with Crippen LogP contribution in [0.25, 0.3) is 17.1 Å². The predicted octanol–water partition coefficient (Wildman–Crippen LogP) is 3.48. The van der Waals surface area contributed by atoms with Crippen LogP contribution >= 0.6 is 11.8 Å². The molecular weight excluding hydrogens is 406 g/mol. The summed E-state index contributed by atoms with van der Waals surface area (Å²) < 4.78 is 27.0. The lowest BCUT2D eigenvalue weighted by Gasteiger charge is -2.16. The van der Waals surface area contributed by atoms with Crippen molar-refractivity contribution in [2.45, 2.75) is 31.3 Å². The zero-order valence-corrected chi connectivity index (χ0v) is 18.4. The Labute approximate surface area is 176 Å². The van der Waals surface area contributed by atoms with Crippen molar-refractivity contribution < 1.29 is 8.42 Å². The highest BCUT2D eigenvalue weighted by atomic mass is 32.2. The third-order valence-corrected chi connectivity index (χ3v) is 6.01. The summed E-state index contributed by atoms with van der Waals surface area (Å²) in [4.78, 5) is 4.22. The quantitative estimate of drug-likeness (QED) is 0.412. The average molecular weight is 432 g/mol. The number of sulfonamides is 1. The SMILES string of the molecule is CC(C)c1ccccc1-n1c(SCCCNS(C)(=O)=O)nnc1-c1cccnc1. The van der Waals surface area contributed by atoms with Crippen LogP contribution in [0.4, 0.5) is 0 Å². The minimum atomic E-state index is -3.17. The Balaban J connectivity index is 1.93. The molecule has 7 nitrogen and oxygen atoms in total. The van der Waals surface area contributed by atoms with Crippen molar-refractivity contribution in [2.75, 3.05) is 18.6 Å². The van der Waals surface area contributed by atoms with Crippen LogP contribution in [0.2, 0.25) is 0 Å². The van der Waals surface area contributed by atoms with Crippen molar-refractivity contribution in [1.29, 1.82) is 0 Å². The van der Waals surface area contributed by atoms with Gasteiger partial charge in [0.25, 0.3) is 0 Å². The second kappa shape index (κ2) is 9.51. The Morgan fingerprint density at radius 2 is 1.93 bits per heavy atom. The number of thioether (sulfide) groups is 1. The van der Waals surface area contributed by atoms with Gasteiger partial charge in [-0.15, -0.1) is 10.2 Å². The second-order valence-corrected chi connectivity index (χ2v) is 9.86. The molecule has 0 saturated heterocycles. The average Bonchev–Trinajstić information content (AvgIpc) is 3.11. The number of nitrogens with zero attached hydrogens (tertiary/aromatic N) is 4. The maximum Gasteiger partial charge on any atom is 0.208 e. The fourth-order valence-electron chi connectivity index (χ4n) is 2.94. The first-order valence-electron chi connectivity index (χ1n) is 9.39. The van der Waals surface area contributed by atoms with E-state index in [1.54, 1.807) is 24.2 Å². The molecule has 154 valence electrons. The molecule has 0 aliphatic carbocycles. The number of nitrogens with one attached hydrogen (secondary N) is 1. The van der Waals surface area contributed by atoms with E-state index in [0.29, 0.717) is 18.9 Å². The summed E-state index contributed by atoms with van der Waals surface area (Å²) in [6.45, 7) is 4.73. The third-order valence-electron chi connectivity index (χ3n) is 4.27. The first-order chi connectivity index (χ1) is 13.9. The Bertz CT molecular complexity index is 1050. The molecule has 3 aromatic rings. The predicted molar refractivity (Wildman–Crippen MR) is 117 cm³/mol.